The summed E-state index contributed by atoms with van der Waals surface area (Å²) in [5, 5.41) is 0. The van der Waals surface area contributed by atoms with E-state index in [-0.39, 0.29) is 0 Å². The first-order chi connectivity index (χ1) is 5.22. The number of nitrogens with zero attached hydrogens (tertiary/aromatic N) is 1. The van der Waals surface area contributed by atoms with E-state index >= 15 is 0 Å². The Labute approximate surface area is 70.1 Å². The van der Waals surface area contributed by atoms with Crippen LogP contribution in [-0.2, 0) is 0 Å². The number of hydrogen-bond donors (Lipinski definition) is 0. The highest BCUT2D eigenvalue weighted by molar-refractivity contribution is 4.89. The van der Waals surface area contributed by atoms with Gasteiger partial charge in [-0.3, -0.25) is 0 Å². The fraction of sp³-hybridized carbons (Fsp3) is 0.800. The third kappa shape index (κ3) is 2.25. The van der Waals surface area contributed by atoms with Crippen LogP contribution in [0, 0.1) is 5.92 Å². The van der Waals surface area contributed by atoms with E-state index < -0.39 is 0 Å². The highest BCUT2D eigenvalue weighted by atomic mass is 15.1. The molecule has 1 aliphatic rings. The summed E-state index contributed by atoms with van der Waals surface area (Å²) in [7, 11) is 2.19. The van der Waals surface area contributed by atoms with Crippen molar-refractivity contribution in [2.24, 2.45) is 5.92 Å². The number of hydrogen-bond acceptors (Lipinski definition) is 1. The van der Waals surface area contributed by atoms with Crippen LogP contribution < -0.4 is 0 Å². The molecule has 1 unspecified atom stereocenters. The van der Waals surface area contributed by atoms with Gasteiger partial charge in [0, 0.05) is 13.1 Å². The summed E-state index contributed by atoms with van der Waals surface area (Å²) in [4.78, 5) is 2.36. The van der Waals surface area contributed by atoms with Crippen molar-refractivity contribution in [2.75, 3.05) is 7.05 Å². The molecule has 64 valence electrons. The molecule has 0 spiro atoms. The van der Waals surface area contributed by atoms with E-state index in [0.29, 0.717) is 0 Å². The van der Waals surface area contributed by atoms with Gasteiger partial charge in [-0.05, 0) is 31.4 Å². The molecule has 1 atom stereocenters. The smallest absolute Gasteiger partial charge is 0.0304 e. The lowest BCUT2D eigenvalue weighted by Gasteiger charge is -2.28. The van der Waals surface area contributed by atoms with Gasteiger partial charge in [-0.15, -0.1) is 0 Å². The van der Waals surface area contributed by atoms with E-state index in [9.17, 15) is 0 Å². The van der Waals surface area contributed by atoms with Gasteiger partial charge < -0.3 is 4.90 Å². The van der Waals surface area contributed by atoms with Crippen LogP contribution in [-0.4, -0.2) is 18.0 Å². The van der Waals surface area contributed by atoms with Crippen molar-refractivity contribution in [3.05, 3.63) is 12.3 Å². The summed E-state index contributed by atoms with van der Waals surface area (Å²) in [6.45, 7) is 4.61. The minimum absolute atomic E-state index is 0.758. The molecule has 0 aromatic carbocycles. The molecule has 0 aromatic rings. The summed E-state index contributed by atoms with van der Waals surface area (Å²) in [6.07, 6.45) is 8.47. The Morgan fingerprint density at radius 2 is 2.18 bits per heavy atom. The van der Waals surface area contributed by atoms with Gasteiger partial charge in [-0.1, -0.05) is 19.9 Å². The first kappa shape index (κ1) is 8.63. The molecular weight excluding hydrogens is 134 g/mol. The van der Waals surface area contributed by atoms with Crippen molar-refractivity contribution in [3.63, 3.8) is 0 Å². The molecule has 0 saturated carbocycles. The van der Waals surface area contributed by atoms with Crippen molar-refractivity contribution < 1.29 is 0 Å². The third-order valence-corrected chi connectivity index (χ3v) is 2.50. The Bertz CT molecular complexity index is 138. The Morgan fingerprint density at radius 3 is 2.82 bits per heavy atom. The van der Waals surface area contributed by atoms with E-state index in [2.05, 4.69) is 38.1 Å². The van der Waals surface area contributed by atoms with Crippen LogP contribution >= 0.6 is 0 Å². The van der Waals surface area contributed by atoms with Gasteiger partial charge in [0.2, 0.25) is 0 Å². The molecule has 0 bridgehead atoms. The predicted octanol–water partition coefficient (Wildman–Crippen LogP) is 2.64. The lowest BCUT2D eigenvalue weighted by molar-refractivity contribution is 0.247. The summed E-state index contributed by atoms with van der Waals surface area (Å²) in [6, 6.07) is 0.758. The summed E-state index contributed by atoms with van der Waals surface area (Å²) >= 11 is 0. The fourth-order valence-electron chi connectivity index (χ4n) is 1.80. The standard InChI is InChI=1S/C10H19N/c1-9(2)10-7-5-4-6-8-11(10)3/h6,8-10H,4-5,7H2,1-3H3. The molecule has 0 saturated heterocycles. The average Bonchev–Trinajstić information content (AvgIpc) is 2.13. The molecule has 0 aromatic heterocycles. The molecular formula is C10H19N. The van der Waals surface area contributed by atoms with Crippen molar-refractivity contribution in [1.82, 2.24) is 4.90 Å². The van der Waals surface area contributed by atoms with Crippen molar-refractivity contribution in [2.45, 2.75) is 39.2 Å². The van der Waals surface area contributed by atoms with Crippen LogP contribution in [0.15, 0.2) is 12.3 Å². The molecule has 0 amide bonds. The second-order valence-electron chi connectivity index (χ2n) is 3.79. The van der Waals surface area contributed by atoms with Gasteiger partial charge in [-0.2, -0.15) is 0 Å². The Hall–Kier alpha value is -0.460. The Morgan fingerprint density at radius 1 is 1.45 bits per heavy atom. The van der Waals surface area contributed by atoms with Gasteiger partial charge in [0.25, 0.3) is 0 Å². The second-order valence-corrected chi connectivity index (χ2v) is 3.79. The van der Waals surface area contributed by atoms with Gasteiger partial charge in [0.05, 0.1) is 0 Å². The average molecular weight is 153 g/mol. The van der Waals surface area contributed by atoms with Crippen LogP contribution in [0.4, 0.5) is 0 Å². The van der Waals surface area contributed by atoms with Gasteiger partial charge in [0.15, 0.2) is 0 Å². The van der Waals surface area contributed by atoms with Crippen LogP contribution in [0.2, 0.25) is 0 Å². The maximum absolute atomic E-state index is 2.36. The Balaban J connectivity index is 2.55. The quantitative estimate of drug-likeness (QED) is 0.560. The first-order valence-electron chi connectivity index (χ1n) is 4.60. The van der Waals surface area contributed by atoms with Gasteiger partial charge in [-0.25, -0.2) is 0 Å². The lowest BCUT2D eigenvalue weighted by atomic mass is 9.98. The van der Waals surface area contributed by atoms with Crippen molar-refractivity contribution >= 4 is 0 Å². The zero-order chi connectivity index (χ0) is 8.27. The Kier molecular flexibility index (Phi) is 2.98. The maximum atomic E-state index is 2.36. The molecule has 0 N–H and O–H groups in total. The fourth-order valence-corrected chi connectivity index (χ4v) is 1.80. The van der Waals surface area contributed by atoms with Crippen molar-refractivity contribution in [1.29, 1.82) is 0 Å². The van der Waals surface area contributed by atoms with Gasteiger partial charge in [0.1, 0.15) is 0 Å². The number of allylic oxidation sites excluding steroid dienone is 1. The molecule has 1 nitrogen and oxygen atoms in total. The first-order valence-corrected chi connectivity index (χ1v) is 4.60. The van der Waals surface area contributed by atoms with E-state index in [1.807, 2.05) is 0 Å². The van der Waals surface area contributed by atoms with Crippen LogP contribution in [0.1, 0.15) is 33.1 Å². The van der Waals surface area contributed by atoms with E-state index in [1.54, 1.807) is 0 Å². The molecule has 0 radical (unpaired) electrons. The van der Waals surface area contributed by atoms with Crippen LogP contribution in [0.3, 0.4) is 0 Å². The minimum atomic E-state index is 0.758. The molecule has 1 heteroatoms. The largest absolute Gasteiger partial charge is 0.377 e. The molecule has 0 fully saturated rings. The second kappa shape index (κ2) is 3.80. The maximum Gasteiger partial charge on any atom is 0.0304 e. The van der Waals surface area contributed by atoms with Gasteiger partial charge >= 0.3 is 0 Å². The number of rotatable bonds is 1. The highest BCUT2D eigenvalue weighted by Crippen LogP contribution is 2.19. The molecule has 0 aliphatic carbocycles. The highest BCUT2D eigenvalue weighted by Gasteiger charge is 2.16. The normalized spacial score (nSPS) is 25.8. The van der Waals surface area contributed by atoms with Crippen LogP contribution in [0.25, 0.3) is 0 Å². The van der Waals surface area contributed by atoms with E-state index in [0.717, 1.165) is 12.0 Å². The molecule has 11 heavy (non-hydrogen) atoms. The lowest BCUT2D eigenvalue weighted by Crippen LogP contribution is -2.30. The van der Waals surface area contributed by atoms with Crippen molar-refractivity contribution in [3.8, 4) is 0 Å². The zero-order valence-electron chi connectivity index (χ0n) is 7.88. The molecule has 1 rings (SSSR count). The van der Waals surface area contributed by atoms with E-state index in [1.165, 1.54) is 19.3 Å². The SMILES string of the molecule is CC(C)C1CCCC=CN1C. The minimum Gasteiger partial charge on any atom is -0.377 e. The van der Waals surface area contributed by atoms with Crippen LogP contribution in [0.5, 0.6) is 0 Å². The molecule has 1 aliphatic heterocycles. The molecule has 1 heterocycles. The van der Waals surface area contributed by atoms with E-state index in [4.69, 9.17) is 0 Å². The summed E-state index contributed by atoms with van der Waals surface area (Å²) in [5.41, 5.74) is 0. The summed E-state index contributed by atoms with van der Waals surface area (Å²) in [5.74, 6) is 0.780. The summed E-state index contributed by atoms with van der Waals surface area (Å²) < 4.78 is 0. The predicted molar refractivity (Wildman–Crippen MR) is 49.4 cm³/mol. The third-order valence-electron chi connectivity index (χ3n) is 2.50. The monoisotopic (exact) mass is 153 g/mol. The topological polar surface area (TPSA) is 3.24 Å². The zero-order valence-corrected chi connectivity index (χ0v) is 7.88.